The van der Waals surface area contributed by atoms with Crippen molar-refractivity contribution in [2.45, 2.75) is 0 Å². The number of ether oxygens (including phenoxy) is 2. The number of fused-ring (bicyclic) bond motifs is 7. The van der Waals surface area contributed by atoms with E-state index in [1.54, 1.807) is 0 Å². The van der Waals surface area contributed by atoms with E-state index < -0.39 is 0 Å². The Morgan fingerprint density at radius 2 is 0.745 bits per heavy atom. The summed E-state index contributed by atoms with van der Waals surface area (Å²) < 4.78 is 13.3. The van der Waals surface area contributed by atoms with E-state index in [0.29, 0.717) is 0 Å². The van der Waals surface area contributed by atoms with Gasteiger partial charge in [0.1, 0.15) is 23.0 Å². The molecule has 0 aromatic heterocycles. The van der Waals surface area contributed by atoms with Crippen molar-refractivity contribution in [2.24, 2.45) is 0 Å². The number of rotatable bonds is 3. The molecule has 0 saturated heterocycles. The molecule has 0 fully saturated rings. The average Bonchev–Trinajstić information content (AvgIpc) is 3.19. The lowest BCUT2D eigenvalue weighted by Gasteiger charge is -2.33. The Bertz CT molecular complexity index is 2750. The quantitative estimate of drug-likeness (QED) is 0.140. The summed E-state index contributed by atoms with van der Waals surface area (Å²) in [5.74, 6) is 3.49. The molecular weight excluding hydrogens is 619 g/mol. The van der Waals surface area contributed by atoms with E-state index in [2.05, 4.69) is 164 Å². The van der Waals surface area contributed by atoms with Gasteiger partial charge in [-0.2, -0.15) is 0 Å². The molecule has 0 saturated carbocycles. The Morgan fingerprint density at radius 3 is 1.31 bits per heavy atom. The largest absolute Gasteiger partial charge is 0.458 e. The maximum Gasteiger partial charge on any atom is 0.260 e. The fourth-order valence-electron chi connectivity index (χ4n) is 8.65. The zero-order valence-corrected chi connectivity index (χ0v) is 27.6. The Hall–Kier alpha value is -6.58. The van der Waals surface area contributed by atoms with Crippen molar-refractivity contribution in [1.82, 2.24) is 0 Å². The van der Waals surface area contributed by atoms with Crippen LogP contribution in [0.2, 0.25) is 0 Å². The van der Waals surface area contributed by atoms with Crippen LogP contribution in [0.15, 0.2) is 176 Å². The van der Waals surface area contributed by atoms with E-state index in [1.165, 1.54) is 65.5 Å². The fourth-order valence-corrected chi connectivity index (χ4v) is 8.65. The third-order valence-electron chi connectivity index (χ3n) is 10.8. The summed E-state index contributed by atoms with van der Waals surface area (Å²) in [5, 5.41) is 7.39. The van der Waals surface area contributed by atoms with E-state index in [1.807, 2.05) is 12.1 Å². The van der Waals surface area contributed by atoms with Gasteiger partial charge in [0.25, 0.3) is 6.71 Å². The molecule has 0 radical (unpaired) electrons. The smallest absolute Gasteiger partial charge is 0.260 e. The minimum absolute atomic E-state index is 0.0542. The summed E-state index contributed by atoms with van der Waals surface area (Å²) in [4.78, 5) is 0. The molecule has 0 N–H and O–H groups in total. The van der Waals surface area contributed by atoms with Gasteiger partial charge in [-0.3, -0.25) is 0 Å². The zero-order chi connectivity index (χ0) is 33.5. The minimum atomic E-state index is 0.0542. The summed E-state index contributed by atoms with van der Waals surface area (Å²) in [6, 6.07) is 63.1. The first-order valence-electron chi connectivity index (χ1n) is 17.5. The SMILES string of the molecule is c1ccc(-c2c3ccccc3c(-c3ccc(-c4cc5c6c(c4)Oc4ccccc4B6c4ccccc4O5)c4ccccc34)c3ccccc23)cc1. The van der Waals surface area contributed by atoms with Gasteiger partial charge in [0.05, 0.1) is 0 Å². The van der Waals surface area contributed by atoms with Gasteiger partial charge in [-0.05, 0) is 101 Å². The summed E-state index contributed by atoms with van der Waals surface area (Å²) in [6.07, 6.45) is 0. The molecule has 2 nitrogen and oxygen atoms in total. The molecule has 2 heterocycles. The minimum Gasteiger partial charge on any atom is -0.458 e. The van der Waals surface area contributed by atoms with Crippen molar-refractivity contribution in [3.05, 3.63) is 176 Å². The molecule has 0 spiro atoms. The normalized spacial score (nSPS) is 12.6. The molecule has 0 bridgehead atoms. The summed E-state index contributed by atoms with van der Waals surface area (Å²) in [5.41, 5.74) is 10.6. The van der Waals surface area contributed by atoms with Gasteiger partial charge in [-0.15, -0.1) is 0 Å². The van der Waals surface area contributed by atoms with E-state index in [9.17, 15) is 0 Å². The molecule has 9 aromatic carbocycles. The number of para-hydroxylation sites is 2. The van der Waals surface area contributed by atoms with E-state index in [-0.39, 0.29) is 6.71 Å². The van der Waals surface area contributed by atoms with Crippen LogP contribution in [0.3, 0.4) is 0 Å². The van der Waals surface area contributed by atoms with E-state index in [0.717, 1.165) is 39.6 Å². The van der Waals surface area contributed by atoms with Crippen LogP contribution in [0.4, 0.5) is 0 Å². The Kier molecular flexibility index (Phi) is 6.08. The van der Waals surface area contributed by atoms with Crippen molar-refractivity contribution >= 4 is 55.4 Å². The molecule has 51 heavy (non-hydrogen) atoms. The van der Waals surface area contributed by atoms with Crippen molar-refractivity contribution in [3.63, 3.8) is 0 Å². The molecule has 2 aliphatic heterocycles. The number of hydrogen-bond acceptors (Lipinski definition) is 2. The molecule has 0 amide bonds. The molecule has 236 valence electrons. The summed E-state index contributed by atoms with van der Waals surface area (Å²) in [6.45, 7) is 0.0542. The molecule has 0 unspecified atom stereocenters. The standard InChI is InChI=1S/C48H29BO2/c1-2-14-30(15-3-1)46-35-18-6-8-20-37(35)47(38-21-9-7-19-36(38)46)39-27-26-32(33-16-4-5-17-34(33)39)31-28-44-48-45(29-31)51-43-25-13-11-23-41(43)49(48)40-22-10-12-24-42(40)50-44/h1-29H. The lowest BCUT2D eigenvalue weighted by Crippen LogP contribution is -2.57. The Balaban J connectivity index is 1.15. The summed E-state index contributed by atoms with van der Waals surface area (Å²) in [7, 11) is 0. The molecule has 3 heteroatoms. The maximum absolute atomic E-state index is 6.67. The van der Waals surface area contributed by atoms with E-state index >= 15 is 0 Å². The number of benzene rings is 9. The van der Waals surface area contributed by atoms with Gasteiger partial charge >= 0.3 is 0 Å². The van der Waals surface area contributed by atoms with Gasteiger partial charge in [-0.25, -0.2) is 0 Å². The van der Waals surface area contributed by atoms with Gasteiger partial charge in [0, 0.05) is 5.46 Å². The highest BCUT2D eigenvalue weighted by Gasteiger charge is 2.40. The van der Waals surface area contributed by atoms with Crippen LogP contribution in [0.25, 0.3) is 65.7 Å². The number of hydrogen-bond donors (Lipinski definition) is 0. The molecule has 2 aliphatic rings. The van der Waals surface area contributed by atoms with Crippen LogP contribution in [0.5, 0.6) is 23.0 Å². The third kappa shape index (κ3) is 4.19. The van der Waals surface area contributed by atoms with Gasteiger partial charge < -0.3 is 9.47 Å². The first kappa shape index (κ1) is 28.3. The third-order valence-corrected chi connectivity index (χ3v) is 10.8. The Labute approximate surface area is 296 Å². The summed E-state index contributed by atoms with van der Waals surface area (Å²) >= 11 is 0. The van der Waals surface area contributed by atoms with Crippen LogP contribution in [-0.2, 0) is 0 Å². The lowest BCUT2D eigenvalue weighted by molar-refractivity contribution is 0.465. The van der Waals surface area contributed by atoms with E-state index in [4.69, 9.17) is 9.47 Å². The predicted molar refractivity (Wildman–Crippen MR) is 213 cm³/mol. The van der Waals surface area contributed by atoms with Crippen molar-refractivity contribution in [1.29, 1.82) is 0 Å². The van der Waals surface area contributed by atoms with Gasteiger partial charge in [0.2, 0.25) is 0 Å². The van der Waals surface area contributed by atoms with Crippen molar-refractivity contribution in [3.8, 4) is 56.4 Å². The Morgan fingerprint density at radius 1 is 0.314 bits per heavy atom. The second kappa shape index (κ2) is 11.0. The highest BCUT2D eigenvalue weighted by atomic mass is 16.5. The second-order valence-electron chi connectivity index (χ2n) is 13.5. The zero-order valence-electron chi connectivity index (χ0n) is 27.6. The highest BCUT2D eigenvalue weighted by molar-refractivity contribution is 6.98. The van der Waals surface area contributed by atoms with Crippen molar-refractivity contribution < 1.29 is 9.47 Å². The van der Waals surface area contributed by atoms with Gasteiger partial charge in [0.15, 0.2) is 0 Å². The second-order valence-corrected chi connectivity index (χ2v) is 13.5. The molecule has 11 rings (SSSR count). The average molecular weight is 649 g/mol. The van der Waals surface area contributed by atoms with Crippen LogP contribution in [0.1, 0.15) is 0 Å². The monoisotopic (exact) mass is 648 g/mol. The highest BCUT2D eigenvalue weighted by Crippen LogP contribution is 2.47. The lowest BCUT2D eigenvalue weighted by atomic mass is 9.35. The first-order chi connectivity index (χ1) is 25.3. The molecule has 0 atom stereocenters. The molecule has 0 aliphatic carbocycles. The van der Waals surface area contributed by atoms with Crippen LogP contribution in [0, 0.1) is 0 Å². The topological polar surface area (TPSA) is 18.5 Å². The molecule has 9 aromatic rings. The van der Waals surface area contributed by atoms with Gasteiger partial charge in [-0.1, -0.05) is 152 Å². The maximum atomic E-state index is 6.67. The fraction of sp³-hybridized carbons (Fsp3) is 0. The molecular formula is C48H29BO2. The van der Waals surface area contributed by atoms with Crippen LogP contribution < -0.4 is 25.9 Å². The first-order valence-corrected chi connectivity index (χ1v) is 17.5. The predicted octanol–water partition coefficient (Wildman–Crippen LogP) is 10.9. The van der Waals surface area contributed by atoms with Crippen LogP contribution in [-0.4, -0.2) is 6.71 Å². The van der Waals surface area contributed by atoms with Crippen LogP contribution >= 0.6 is 0 Å². The van der Waals surface area contributed by atoms with Crippen molar-refractivity contribution in [2.75, 3.05) is 0 Å².